The summed E-state index contributed by atoms with van der Waals surface area (Å²) in [6.07, 6.45) is -0.683. The molecule has 2 saturated heterocycles. The van der Waals surface area contributed by atoms with Gasteiger partial charge in [-0.05, 0) is 63.4 Å². The third-order valence-corrected chi connectivity index (χ3v) is 7.18. The normalized spacial score (nSPS) is 21.7. The van der Waals surface area contributed by atoms with Gasteiger partial charge < -0.3 is 21.1 Å². The van der Waals surface area contributed by atoms with E-state index >= 15 is 0 Å². The molecule has 1 aromatic rings. The van der Waals surface area contributed by atoms with Gasteiger partial charge in [-0.2, -0.15) is 18.3 Å². The lowest BCUT2D eigenvalue weighted by molar-refractivity contribution is -0.139. The van der Waals surface area contributed by atoms with E-state index in [2.05, 4.69) is 22.5 Å². The van der Waals surface area contributed by atoms with Crippen molar-refractivity contribution in [2.75, 3.05) is 38.1 Å². The van der Waals surface area contributed by atoms with Crippen molar-refractivity contribution in [3.05, 3.63) is 23.3 Å². The van der Waals surface area contributed by atoms with Gasteiger partial charge in [-0.1, -0.05) is 0 Å². The Kier molecular flexibility index (Phi) is 6.60. The number of halogens is 3. The van der Waals surface area contributed by atoms with E-state index in [0.717, 1.165) is 44.8 Å². The average molecular weight is 448 g/mol. The number of hydrazone groups is 1. The molecule has 3 rings (SSSR count). The first-order valence-electron chi connectivity index (χ1n) is 9.70. The van der Waals surface area contributed by atoms with Crippen LogP contribution in [-0.4, -0.2) is 48.2 Å². The third kappa shape index (κ3) is 4.41. The van der Waals surface area contributed by atoms with E-state index in [1.807, 2.05) is 4.90 Å². The van der Waals surface area contributed by atoms with Crippen LogP contribution in [0.1, 0.15) is 36.8 Å². The molecule has 168 valence electrons. The first-order valence-corrected chi connectivity index (χ1v) is 10.9. The number of piperidine rings is 2. The van der Waals surface area contributed by atoms with Crippen LogP contribution in [-0.2, 0) is 17.2 Å². The highest BCUT2D eigenvalue weighted by Gasteiger charge is 2.40. The van der Waals surface area contributed by atoms with Crippen LogP contribution in [0.4, 0.5) is 18.9 Å². The second-order valence-electron chi connectivity index (χ2n) is 8.04. The first-order chi connectivity index (χ1) is 14.1. The largest absolute Gasteiger partial charge is 0.417 e. The molecule has 1 unspecified atom stereocenters. The Morgan fingerprint density at radius 2 is 1.73 bits per heavy atom. The Labute approximate surface area is 176 Å². The topological polar surface area (TPSA) is 126 Å². The third-order valence-electron chi connectivity index (χ3n) is 6.36. The summed E-state index contributed by atoms with van der Waals surface area (Å²) in [4.78, 5) is 3.70. The summed E-state index contributed by atoms with van der Waals surface area (Å²) in [5.74, 6) is 10.6. The van der Waals surface area contributed by atoms with Crippen LogP contribution >= 0.6 is 0 Å². The summed E-state index contributed by atoms with van der Waals surface area (Å²) in [5.41, 5.74) is 1.74. The van der Waals surface area contributed by atoms with Gasteiger partial charge >= 0.3 is 6.18 Å². The van der Waals surface area contributed by atoms with Crippen LogP contribution in [0.15, 0.2) is 22.1 Å². The highest BCUT2D eigenvalue weighted by Crippen LogP contribution is 2.44. The molecule has 7 N–H and O–H groups in total. The van der Waals surface area contributed by atoms with Crippen LogP contribution < -0.4 is 27.2 Å². The van der Waals surface area contributed by atoms with Crippen molar-refractivity contribution in [3.63, 3.8) is 0 Å². The van der Waals surface area contributed by atoms with Crippen molar-refractivity contribution >= 4 is 22.5 Å². The van der Waals surface area contributed by atoms with Gasteiger partial charge in [0, 0.05) is 18.8 Å². The number of nitrogens with one attached hydrogen (secondary N) is 1. The lowest BCUT2D eigenvalue weighted by Gasteiger charge is -2.47. The number of hydrogen-bond acceptors (Lipinski definition) is 6. The monoisotopic (exact) mass is 447 g/mol. The lowest BCUT2D eigenvalue weighted by atomic mass is 9.71. The van der Waals surface area contributed by atoms with Gasteiger partial charge in [-0.3, -0.25) is 0 Å². The molecule has 12 heteroatoms. The van der Waals surface area contributed by atoms with Crippen molar-refractivity contribution in [1.82, 2.24) is 10.3 Å². The molecule has 0 aromatic heterocycles. The molecule has 0 radical (unpaired) electrons. The number of amidine groups is 1. The minimum atomic E-state index is -4.74. The van der Waals surface area contributed by atoms with Gasteiger partial charge in [0.25, 0.3) is 0 Å². The van der Waals surface area contributed by atoms with Crippen molar-refractivity contribution in [2.24, 2.45) is 27.3 Å². The molecule has 2 aliphatic rings. The van der Waals surface area contributed by atoms with Crippen LogP contribution in [0.3, 0.4) is 0 Å². The molecule has 8 nitrogen and oxygen atoms in total. The fourth-order valence-corrected chi connectivity index (χ4v) is 5.29. The van der Waals surface area contributed by atoms with Crippen LogP contribution in [0.5, 0.6) is 0 Å². The number of hydrazine groups is 1. The number of likely N-dealkylation sites (tertiary alicyclic amines) is 1. The Bertz CT molecular complexity index is 828. The minimum Gasteiger partial charge on any atom is -0.371 e. The number of anilines is 1. The summed E-state index contributed by atoms with van der Waals surface area (Å²) in [5, 5.41) is 8.95. The molecule has 1 atom stereocenters. The molecule has 2 fully saturated rings. The predicted octanol–water partition coefficient (Wildman–Crippen LogP) is 1.08. The van der Waals surface area contributed by atoms with E-state index in [-0.39, 0.29) is 16.8 Å². The minimum absolute atomic E-state index is 0.0741. The van der Waals surface area contributed by atoms with Gasteiger partial charge in [0.1, 0.15) is 11.0 Å². The van der Waals surface area contributed by atoms with E-state index in [0.29, 0.717) is 18.8 Å². The van der Waals surface area contributed by atoms with E-state index in [4.69, 9.17) is 16.8 Å². The summed E-state index contributed by atoms with van der Waals surface area (Å²) in [6.45, 7) is 3.40. The first kappa shape index (κ1) is 22.8. The summed E-state index contributed by atoms with van der Waals surface area (Å²) in [6, 6.07) is 2.26. The lowest BCUT2D eigenvalue weighted by Crippen LogP contribution is -2.46. The zero-order valence-electron chi connectivity index (χ0n) is 16.8. The van der Waals surface area contributed by atoms with Gasteiger partial charge in [-0.25, -0.2) is 15.2 Å². The molecule has 2 heterocycles. The Morgan fingerprint density at radius 1 is 1.17 bits per heavy atom. The van der Waals surface area contributed by atoms with E-state index in [1.54, 1.807) is 0 Å². The smallest absolute Gasteiger partial charge is 0.371 e. The molecular formula is C18H28F3N7OS. The van der Waals surface area contributed by atoms with Crippen LogP contribution in [0.2, 0.25) is 0 Å². The van der Waals surface area contributed by atoms with Crippen molar-refractivity contribution in [3.8, 4) is 0 Å². The van der Waals surface area contributed by atoms with Crippen LogP contribution in [0.25, 0.3) is 0 Å². The fourth-order valence-electron chi connectivity index (χ4n) is 4.49. The second-order valence-corrected chi connectivity index (χ2v) is 9.05. The molecule has 0 bridgehead atoms. The average Bonchev–Trinajstić information content (AvgIpc) is 2.71. The maximum Gasteiger partial charge on any atom is 0.417 e. The summed E-state index contributed by atoms with van der Waals surface area (Å²) < 4.78 is 52.9. The molecule has 1 aromatic carbocycles. The SMILES string of the molecule is CN1CCC2(CC1)CCN(c1ccc(C(F)(F)F)c(S(N)=O)c1/C(=N/N)NN)CC2. The second kappa shape index (κ2) is 8.69. The molecule has 0 saturated carbocycles. The number of alkyl halides is 3. The number of nitrogens with two attached hydrogens (primary N) is 3. The summed E-state index contributed by atoms with van der Waals surface area (Å²) in [7, 11) is -0.326. The van der Waals surface area contributed by atoms with Crippen molar-refractivity contribution in [1.29, 1.82) is 0 Å². The zero-order valence-corrected chi connectivity index (χ0v) is 17.7. The Morgan fingerprint density at radius 3 is 2.20 bits per heavy atom. The summed E-state index contributed by atoms with van der Waals surface area (Å²) >= 11 is 0. The highest BCUT2D eigenvalue weighted by atomic mass is 32.2. The van der Waals surface area contributed by atoms with E-state index < -0.39 is 27.6 Å². The number of rotatable bonds is 3. The molecule has 1 spiro atoms. The van der Waals surface area contributed by atoms with Crippen LogP contribution in [0, 0.1) is 5.41 Å². The predicted molar refractivity (Wildman–Crippen MR) is 111 cm³/mol. The van der Waals surface area contributed by atoms with Gasteiger partial charge in [0.05, 0.1) is 16.0 Å². The quantitative estimate of drug-likeness (QED) is 0.238. The number of hydrogen-bond donors (Lipinski definition) is 4. The molecule has 30 heavy (non-hydrogen) atoms. The maximum absolute atomic E-state index is 13.6. The fraction of sp³-hybridized carbons (Fsp3) is 0.611. The van der Waals surface area contributed by atoms with E-state index in [1.165, 1.54) is 6.07 Å². The van der Waals surface area contributed by atoms with Crippen molar-refractivity contribution in [2.45, 2.75) is 36.8 Å². The standard InChI is InChI=1S/C18H28F3N7OS/c1-27-8-4-17(5-9-27)6-10-28(11-7-17)13-3-2-12(18(19,20)21)15(30(24)29)14(13)16(25-22)26-23/h2-3H,4-11,22-24H2,1H3,(H,25,26). The van der Waals surface area contributed by atoms with Gasteiger partial charge in [0.15, 0.2) is 5.84 Å². The Balaban J connectivity index is 2.01. The molecular weight excluding hydrogens is 419 g/mol. The highest BCUT2D eigenvalue weighted by molar-refractivity contribution is 7.82. The van der Waals surface area contributed by atoms with Gasteiger partial charge in [-0.15, -0.1) is 0 Å². The van der Waals surface area contributed by atoms with Crippen molar-refractivity contribution < 1.29 is 17.4 Å². The number of nitrogens with zero attached hydrogens (tertiary/aromatic N) is 3. The van der Waals surface area contributed by atoms with Gasteiger partial charge in [0.2, 0.25) is 0 Å². The Hall–Kier alpha value is -1.89. The zero-order chi connectivity index (χ0) is 22.1. The van der Waals surface area contributed by atoms with E-state index in [9.17, 15) is 17.4 Å². The number of benzene rings is 1. The molecule has 0 amide bonds. The molecule has 2 aliphatic heterocycles. The molecule has 0 aliphatic carbocycles. The maximum atomic E-state index is 13.6.